The van der Waals surface area contributed by atoms with E-state index in [9.17, 15) is 0 Å². The Balaban J connectivity index is 2.31. The van der Waals surface area contributed by atoms with Crippen LogP contribution in [0.4, 0.5) is 0 Å². The van der Waals surface area contributed by atoms with Crippen molar-refractivity contribution in [2.24, 2.45) is 5.73 Å². The summed E-state index contributed by atoms with van der Waals surface area (Å²) in [7, 11) is 0. The predicted molar refractivity (Wildman–Crippen MR) is 64.1 cm³/mol. The molecule has 0 fully saturated rings. The molecule has 1 unspecified atom stereocenters. The van der Waals surface area contributed by atoms with Crippen LogP contribution >= 0.6 is 0 Å². The largest absolute Gasteiger partial charge is 0.486 e. The van der Waals surface area contributed by atoms with Gasteiger partial charge in [0.1, 0.15) is 6.61 Å². The normalized spacial score (nSPS) is 19.7. The van der Waals surface area contributed by atoms with Crippen LogP contribution < -0.4 is 15.2 Å². The van der Waals surface area contributed by atoms with Crippen molar-refractivity contribution in [1.82, 2.24) is 0 Å². The molecule has 0 amide bonds. The maximum Gasteiger partial charge on any atom is 0.162 e. The fourth-order valence-electron chi connectivity index (χ4n) is 1.69. The first-order valence-electron chi connectivity index (χ1n) is 5.57. The van der Waals surface area contributed by atoms with E-state index in [1.165, 1.54) is 11.1 Å². The van der Waals surface area contributed by atoms with Crippen LogP contribution in [-0.4, -0.2) is 18.2 Å². The Morgan fingerprint density at radius 3 is 2.31 bits per heavy atom. The van der Waals surface area contributed by atoms with E-state index in [-0.39, 0.29) is 6.10 Å². The van der Waals surface area contributed by atoms with Gasteiger partial charge in [0.05, 0.1) is 5.54 Å². The zero-order valence-corrected chi connectivity index (χ0v) is 10.3. The third-order valence-corrected chi connectivity index (χ3v) is 3.05. The second-order valence-electron chi connectivity index (χ2n) is 5.12. The molecule has 0 saturated carbocycles. The van der Waals surface area contributed by atoms with E-state index in [0.717, 1.165) is 11.5 Å². The summed E-state index contributed by atoms with van der Waals surface area (Å²) in [5.74, 6) is 1.63. The Morgan fingerprint density at radius 1 is 1.19 bits per heavy atom. The first-order chi connectivity index (χ1) is 7.38. The highest BCUT2D eigenvalue weighted by molar-refractivity contribution is 5.47. The summed E-state index contributed by atoms with van der Waals surface area (Å²) in [5, 5.41) is 0. The topological polar surface area (TPSA) is 44.5 Å². The molecule has 2 N–H and O–H groups in total. The molecule has 3 nitrogen and oxygen atoms in total. The second-order valence-corrected chi connectivity index (χ2v) is 5.12. The number of aryl methyl sites for hydroxylation is 2. The molecule has 1 aliphatic heterocycles. The van der Waals surface area contributed by atoms with Crippen LogP contribution in [0.15, 0.2) is 12.1 Å². The number of ether oxygens (including phenoxy) is 2. The zero-order chi connectivity index (χ0) is 11.9. The summed E-state index contributed by atoms with van der Waals surface area (Å²) in [6.45, 7) is 8.55. The molecular formula is C13H19NO2. The molecule has 1 aliphatic rings. The van der Waals surface area contributed by atoms with Gasteiger partial charge in [-0.2, -0.15) is 0 Å². The fraction of sp³-hybridized carbons (Fsp3) is 0.538. The minimum absolute atomic E-state index is 0.0953. The standard InChI is InChI=1S/C13H19NO2/c1-8-5-10-11(6-9(8)2)16-12(7-15-10)13(3,4)14/h5-6,12H,7,14H2,1-4H3. The van der Waals surface area contributed by atoms with Crippen LogP contribution in [0.5, 0.6) is 11.5 Å². The van der Waals surface area contributed by atoms with Crippen molar-refractivity contribution in [2.45, 2.75) is 39.3 Å². The molecule has 0 saturated heterocycles. The van der Waals surface area contributed by atoms with Crippen molar-refractivity contribution >= 4 is 0 Å². The molecule has 1 heterocycles. The number of fused-ring (bicyclic) bond motifs is 1. The smallest absolute Gasteiger partial charge is 0.162 e. The lowest BCUT2D eigenvalue weighted by Crippen LogP contribution is -2.52. The zero-order valence-electron chi connectivity index (χ0n) is 10.3. The van der Waals surface area contributed by atoms with Gasteiger partial charge in [-0.05, 0) is 51.0 Å². The van der Waals surface area contributed by atoms with Gasteiger partial charge in [-0.3, -0.25) is 0 Å². The summed E-state index contributed by atoms with van der Waals surface area (Å²) in [6.07, 6.45) is -0.0953. The minimum Gasteiger partial charge on any atom is -0.486 e. The third-order valence-electron chi connectivity index (χ3n) is 3.05. The van der Waals surface area contributed by atoms with Gasteiger partial charge in [-0.15, -0.1) is 0 Å². The summed E-state index contributed by atoms with van der Waals surface area (Å²) >= 11 is 0. The predicted octanol–water partition coefficient (Wildman–Crippen LogP) is 2.18. The van der Waals surface area contributed by atoms with E-state index in [2.05, 4.69) is 13.8 Å². The van der Waals surface area contributed by atoms with Gasteiger partial charge in [0.2, 0.25) is 0 Å². The van der Waals surface area contributed by atoms with Crippen LogP contribution in [-0.2, 0) is 0 Å². The van der Waals surface area contributed by atoms with Crippen LogP contribution in [0, 0.1) is 13.8 Å². The molecule has 16 heavy (non-hydrogen) atoms. The number of hydrogen-bond acceptors (Lipinski definition) is 3. The summed E-state index contributed by atoms with van der Waals surface area (Å²) in [5.41, 5.74) is 8.06. The molecular weight excluding hydrogens is 202 g/mol. The van der Waals surface area contributed by atoms with Gasteiger partial charge in [0.25, 0.3) is 0 Å². The van der Waals surface area contributed by atoms with Crippen LogP contribution in [0.2, 0.25) is 0 Å². The average molecular weight is 221 g/mol. The number of hydrogen-bond donors (Lipinski definition) is 1. The summed E-state index contributed by atoms with van der Waals surface area (Å²) < 4.78 is 11.6. The fourth-order valence-corrected chi connectivity index (χ4v) is 1.69. The summed E-state index contributed by atoms with van der Waals surface area (Å²) in [6, 6.07) is 4.03. The monoisotopic (exact) mass is 221 g/mol. The second kappa shape index (κ2) is 3.67. The van der Waals surface area contributed by atoms with Gasteiger partial charge < -0.3 is 15.2 Å². The van der Waals surface area contributed by atoms with Crippen LogP contribution in [0.25, 0.3) is 0 Å². The van der Waals surface area contributed by atoms with Gasteiger partial charge >= 0.3 is 0 Å². The van der Waals surface area contributed by atoms with Crippen molar-refractivity contribution in [2.75, 3.05) is 6.61 Å². The van der Waals surface area contributed by atoms with Gasteiger partial charge in [0, 0.05) is 0 Å². The minimum atomic E-state index is -0.392. The Kier molecular flexibility index (Phi) is 2.58. The lowest BCUT2D eigenvalue weighted by molar-refractivity contribution is 0.0454. The first kappa shape index (κ1) is 11.3. The maximum atomic E-state index is 6.03. The van der Waals surface area contributed by atoms with Gasteiger partial charge in [0.15, 0.2) is 17.6 Å². The average Bonchev–Trinajstić information content (AvgIpc) is 2.17. The van der Waals surface area contributed by atoms with Crippen LogP contribution in [0.1, 0.15) is 25.0 Å². The Bertz CT molecular complexity index is 407. The Morgan fingerprint density at radius 2 is 1.75 bits per heavy atom. The Hall–Kier alpha value is -1.22. The van der Waals surface area contributed by atoms with E-state index in [4.69, 9.17) is 15.2 Å². The highest BCUT2D eigenvalue weighted by Crippen LogP contribution is 2.35. The van der Waals surface area contributed by atoms with E-state index < -0.39 is 5.54 Å². The first-order valence-corrected chi connectivity index (χ1v) is 5.57. The van der Waals surface area contributed by atoms with Crippen molar-refractivity contribution < 1.29 is 9.47 Å². The lowest BCUT2D eigenvalue weighted by Gasteiger charge is -2.35. The van der Waals surface area contributed by atoms with Crippen LogP contribution in [0.3, 0.4) is 0 Å². The molecule has 0 radical (unpaired) electrons. The van der Waals surface area contributed by atoms with Gasteiger partial charge in [-0.1, -0.05) is 0 Å². The summed E-state index contributed by atoms with van der Waals surface area (Å²) in [4.78, 5) is 0. The molecule has 0 aromatic heterocycles. The molecule has 1 aromatic carbocycles. The molecule has 0 bridgehead atoms. The molecule has 2 rings (SSSR count). The molecule has 0 spiro atoms. The van der Waals surface area contributed by atoms with Gasteiger partial charge in [-0.25, -0.2) is 0 Å². The maximum absolute atomic E-state index is 6.03. The Labute approximate surface area is 96.5 Å². The van der Waals surface area contributed by atoms with Crippen molar-refractivity contribution in [3.05, 3.63) is 23.3 Å². The number of benzene rings is 1. The molecule has 88 valence electrons. The SMILES string of the molecule is Cc1cc2c(cc1C)OC(C(C)(C)N)CO2. The molecule has 1 atom stereocenters. The highest BCUT2D eigenvalue weighted by Gasteiger charge is 2.32. The van der Waals surface area contributed by atoms with Crippen molar-refractivity contribution in [3.63, 3.8) is 0 Å². The van der Waals surface area contributed by atoms with E-state index in [0.29, 0.717) is 6.61 Å². The van der Waals surface area contributed by atoms with E-state index >= 15 is 0 Å². The lowest BCUT2D eigenvalue weighted by atomic mass is 9.98. The molecule has 0 aliphatic carbocycles. The van der Waals surface area contributed by atoms with E-state index in [1.54, 1.807) is 0 Å². The number of nitrogens with two attached hydrogens (primary N) is 1. The van der Waals surface area contributed by atoms with E-state index in [1.807, 2.05) is 26.0 Å². The van der Waals surface area contributed by atoms with Crippen molar-refractivity contribution in [1.29, 1.82) is 0 Å². The van der Waals surface area contributed by atoms with Crippen molar-refractivity contribution in [3.8, 4) is 11.5 Å². The third kappa shape index (κ3) is 2.00. The quantitative estimate of drug-likeness (QED) is 0.790. The highest BCUT2D eigenvalue weighted by atomic mass is 16.6. The molecule has 3 heteroatoms. The molecule has 1 aromatic rings. The number of rotatable bonds is 1.